The predicted octanol–water partition coefficient (Wildman–Crippen LogP) is 2.10. The standard InChI is InChI=1S/C12H14N4.ClH.Ni/c13-9-3-1-7(5-11(9)15)8-2-4-10(14)12(16)6-8;;/h1-6H,13-16H2;1H;. The number of halogens is 1. The Morgan fingerprint density at radius 3 is 1.17 bits per heavy atom. The largest absolute Gasteiger partial charge is 0.397 e. The molecule has 0 radical (unpaired) electrons. The molecule has 0 amide bonds. The molecule has 0 heterocycles. The fourth-order valence-corrected chi connectivity index (χ4v) is 1.51. The van der Waals surface area contributed by atoms with Crippen LogP contribution < -0.4 is 22.9 Å². The average molecular weight is 309 g/mol. The molecule has 0 saturated heterocycles. The van der Waals surface area contributed by atoms with Crippen LogP contribution in [0.3, 0.4) is 0 Å². The van der Waals surface area contributed by atoms with Gasteiger partial charge in [0.15, 0.2) is 0 Å². The van der Waals surface area contributed by atoms with Crippen molar-refractivity contribution in [3.8, 4) is 11.1 Å². The number of benzene rings is 2. The zero-order valence-electron chi connectivity index (χ0n) is 9.50. The quantitative estimate of drug-likeness (QED) is 0.478. The van der Waals surface area contributed by atoms with Crippen molar-refractivity contribution in [2.75, 3.05) is 22.9 Å². The molecule has 2 aromatic rings. The number of rotatable bonds is 1. The Morgan fingerprint density at radius 2 is 0.889 bits per heavy atom. The SMILES string of the molecule is Cl.Nc1ccc(-c2ccc(N)c(N)c2)cc1N.[Ni]. The summed E-state index contributed by atoms with van der Waals surface area (Å²) in [6.45, 7) is 0. The van der Waals surface area contributed by atoms with Gasteiger partial charge in [-0.1, -0.05) is 12.1 Å². The van der Waals surface area contributed by atoms with E-state index in [9.17, 15) is 0 Å². The molecular formula is C12H15ClN4Ni. The maximum atomic E-state index is 5.74. The van der Waals surface area contributed by atoms with E-state index in [1.165, 1.54) is 0 Å². The number of hydrogen-bond acceptors (Lipinski definition) is 4. The molecule has 0 aliphatic carbocycles. The third kappa shape index (κ3) is 3.22. The summed E-state index contributed by atoms with van der Waals surface area (Å²) in [5, 5.41) is 0. The molecule has 6 heteroatoms. The summed E-state index contributed by atoms with van der Waals surface area (Å²) in [5.74, 6) is 0. The Kier molecular flexibility index (Phi) is 5.82. The van der Waals surface area contributed by atoms with E-state index in [4.69, 9.17) is 22.9 Å². The van der Waals surface area contributed by atoms with Gasteiger partial charge in [0.25, 0.3) is 0 Å². The minimum Gasteiger partial charge on any atom is -0.397 e. The van der Waals surface area contributed by atoms with E-state index in [-0.39, 0.29) is 28.9 Å². The van der Waals surface area contributed by atoms with Crippen LogP contribution in [0.15, 0.2) is 36.4 Å². The van der Waals surface area contributed by atoms with Crippen LogP contribution in [-0.4, -0.2) is 0 Å². The third-order valence-corrected chi connectivity index (χ3v) is 2.51. The van der Waals surface area contributed by atoms with Crippen molar-refractivity contribution < 1.29 is 16.5 Å². The summed E-state index contributed by atoms with van der Waals surface area (Å²) in [6, 6.07) is 11.0. The topological polar surface area (TPSA) is 104 Å². The summed E-state index contributed by atoms with van der Waals surface area (Å²) < 4.78 is 0. The van der Waals surface area contributed by atoms with Gasteiger partial charge in [-0.3, -0.25) is 0 Å². The van der Waals surface area contributed by atoms with Crippen molar-refractivity contribution in [3.05, 3.63) is 36.4 Å². The molecule has 2 rings (SSSR count). The number of hydrogen-bond donors (Lipinski definition) is 4. The minimum atomic E-state index is 0. The van der Waals surface area contributed by atoms with Crippen LogP contribution in [0.4, 0.5) is 22.7 Å². The molecule has 0 fully saturated rings. The second-order valence-corrected chi connectivity index (χ2v) is 3.69. The zero-order valence-corrected chi connectivity index (χ0v) is 11.3. The van der Waals surface area contributed by atoms with E-state index in [2.05, 4.69) is 0 Å². The van der Waals surface area contributed by atoms with Crippen molar-refractivity contribution in [2.24, 2.45) is 0 Å². The fraction of sp³-hybridized carbons (Fsp3) is 0. The first kappa shape index (κ1) is 16.4. The summed E-state index contributed by atoms with van der Waals surface area (Å²) >= 11 is 0. The third-order valence-electron chi connectivity index (χ3n) is 2.51. The van der Waals surface area contributed by atoms with Crippen molar-refractivity contribution >= 4 is 35.2 Å². The average Bonchev–Trinajstić information content (AvgIpc) is 2.26. The van der Waals surface area contributed by atoms with Gasteiger partial charge >= 0.3 is 0 Å². The van der Waals surface area contributed by atoms with Crippen LogP contribution in [-0.2, 0) is 16.5 Å². The molecule has 0 aromatic heterocycles. The van der Waals surface area contributed by atoms with Gasteiger partial charge in [0, 0.05) is 16.5 Å². The van der Waals surface area contributed by atoms with Gasteiger partial charge in [-0.05, 0) is 35.4 Å². The van der Waals surface area contributed by atoms with E-state index in [0.29, 0.717) is 22.7 Å². The van der Waals surface area contributed by atoms with Crippen molar-refractivity contribution in [2.45, 2.75) is 0 Å². The monoisotopic (exact) mass is 308 g/mol. The van der Waals surface area contributed by atoms with Crippen LogP contribution in [0.1, 0.15) is 0 Å². The maximum Gasteiger partial charge on any atom is 0.0554 e. The maximum absolute atomic E-state index is 5.74. The predicted molar refractivity (Wildman–Crippen MR) is 76.8 cm³/mol. The Morgan fingerprint density at radius 1 is 0.556 bits per heavy atom. The molecule has 0 saturated carbocycles. The van der Waals surface area contributed by atoms with E-state index in [1.54, 1.807) is 12.1 Å². The van der Waals surface area contributed by atoms with Gasteiger partial charge in [-0.25, -0.2) is 0 Å². The smallest absolute Gasteiger partial charge is 0.0554 e. The molecule has 0 atom stereocenters. The van der Waals surface area contributed by atoms with Crippen molar-refractivity contribution in [1.29, 1.82) is 0 Å². The first-order valence-corrected chi connectivity index (χ1v) is 4.88. The summed E-state index contributed by atoms with van der Waals surface area (Å²) in [4.78, 5) is 0. The van der Waals surface area contributed by atoms with Gasteiger partial charge in [-0.2, -0.15) is 0 Å². The van der Waals surface area contributed by atoms with Gasteiger partial charge < -0.3 is 22.9 Å². The van der Waals surface area contributed by atoms with Gasteiger partial charge in [0.2, 0.25) is 0 Å². The normalized spacial score (nSPS) is 9.11. The fourth-order valence-electron chi connectivity index (χ4n) is 1.51. The second kappa shape index (κ2) is 6.38. The van der Waals surface area contributed by atoms with Crippen molar-refractivity contribution in [1.82, 2.24) is 0 Å². The van der Waals surface area contributed by atoms with Gasteiger partial charge in [0.1, 0.15) is 0 Å². The molecule has 0 spiro atoms. The van der Waals surface area contributed by atoms with Crippen LogP contribution in [0.25, 0.3) is 11.1 Å². The second-order valence-electron chi connectivity index (χ2n) is 3.69. The van der Waals surface area contributed by atoms with Crippen LogP contribution in [0.2, 0.25) is 0 Å². The number of anilines is 4. The zero-order chi connectivity index (χ0) is 11.7. The summed E-state index contributed by atoms with van der Waals surface area (Å²) in [6.07, 6.45) is 0. The van der Waals surface area contributed by atoms with E-state index >= 15 is 0 Å². The Hall–Kier alpha value is -1.58. The summed E-state index contributed by atoms with van der Waals surface area (Å²) in [7, 11) is 0. The Balaban J connectivity index is 0.00000144. The Labute approximate surface area is 122 Å². The van der Waals surface area contributed by atoms with E-state index in [1.807, 2.05) is 24.3 Å². The van der Waals surface area contributed by atoms with Crippen LogP contribution >= 0.6 is 12.4 Å². The van der Waals surface area contributed by atoms with Crippen LogP contribution in [0.5, 0.6) is 0 Å². The molecular weight excluding hydrogens is 294 g/mol. The number of nitrogens with two attached hydrogens (primary N) is 4. The molecule has 18 heavy (non-hydrogen) atoms. The molecule has 0 aliphatic heterocycles. The number of nitrogen functional groups attached to an aromatic ring is 4. The molecule has 0 unspecified atom stereocenters. The molecule has 0 bridgehead atoms. The molecule has 4 nitrogen and oxygen atoms in total. The van der Waals surface area contributed by atoms with E-state index < -0.39 is 0 Å². The molecule has 100 valence electrons. The molecule has 8 N–H and O–H groups in total. The first-order chi connectivity index (χ1) is 7.58. The first-order valence-electron chi connectivity index (χ1n) is 4.88. The van der Waals surface area contributed by atoms with Crippen molar-refractivity contribution in [3.63, 3.8) is 0 Å². The van der Waals surface area contributed by atoms with E-state index in [0.717, 1.165) is 11.1 Å². The molecule has 2 aromatic carbocycles. The minimum absolute atomic E-state index is 0. The van der Waals surface area contributed by atoms with Gasteiger partial charge in [0.05, 0.1) is 22.7 Å². The molecule has 0 aliphatic rings. The van der Waals surface area contributed by atoms with Gasteiger partial charge in [-0.15, -0.1) is 12.4 Å². The Bertz CT molecular complexity index is 496. The van der Waals surface area contributed by atoms with Crippen LogP contribution in [0, 0.1) is 0 Å². The summed E-state index contributed by atoms with van der Waals surface area (Å²) in [5.41, 5.74) is 27.0.